The van der Waals surface area contributed by atoms with E-state index in [2.05, 4.69) is 30.2 Å². The molecule has 31 heavy (non-hydrogen) atoms. The highest BCUT2D eigenvalue weighted by atomic mass is 35.5. The first-order valence-electron chi connectivity index (χ1n) is 10.7. The molecule has 2 aliphatic heterocycles. The van der Waals surface area contributed by atoms with E-state index in [0.29, 0.717) is 16.3 Å². The van der Waals surface area contributed by atoms with Crippen molar-refractivity contribution in [1.29, 1.82) is 10.9 Å². The third kappa shape index (κ3) is 5.16. The van der Waals surface area contributed by atoms with Crippen molar-refractivity contribution in [2.75, 3.05) is 42.6 Å². The minimum atomic E-state index is 0.457. The number of nitrogens with zero attached hydrogens (tertiary/aromatic N) is 7. The van der Waals surface area contributed by atoms with Crippen LogP contribution >= 0.6 is 11.6 Å². The van der Waals surface area contributed by atoms with Gasteiger partial charge < -0.3 is 9.80 Å². The second kappa shape index (κ2) is 9.65. The van der Waals surface area contributed by atoms with Gasteiger partial charge in [-0.15, -0.1) is 5.10 Å². The van der Waals surface area contributed by atoms with Crippen molar-refractivity contribution in [3.05, 3.63) is 41.2 Å². The lowest BCUT2D eigenvalue weighted by Crippen LogP contribution is -2.47. The smallest absolute Gasteiger partial charge is 0.156 e. The van der Waals surface area contributed by atoms with E-state index in [1.807, 2.05) is 24.4 Å². The Balaban J connectivity index is 1.23. The molecule has 0 unspecified atom stereocenters. The largest absolute Gasteiger partial charge is 0.355 e. The molecule has 10 heteroatoms. The Bertz CT molecular complexity index is 878. The molecule has 1 spiro atoms. The minimum absolute atomic E-state index is 0.457. The van der Waals surface area contributed by atoms with Crippen LogP contribution in [0.5, 0.6) is 0 Å². The number of anilines is 2. The number of aromatic nitrogens is 3. The molecule has 2 aromatic heterocycles. The lowest BCUT2D eigenvalue weighted by atomic mass is 9.71. The SMILES string of the molecule is N=CN(N=N)c1ccc(CCN2CCC3(CC2)CCN(c2cc(Cl)cnn2)CC3)cn1. The normalized spacial score (nSPS) is 18.7. The van der Waals surface area contributed by atoms with E-state index < -0.39 is 0 Å². The zero-order valence-electron chi connectivity index (χ0n) is 17.5. The molecule has 2 aliphatic rings. The van der Waals surface area contributed by atoms with E-state index >= 15 is 0 Å². The van der Waals surface area contributed by atoms with E-state index in [0.717, 1.165) is 61.9 Å². The average Bonchev–Trinajstić information content (AvgIpc) is 2.81. The van der Waals surface area contributed by atoms with Crippen molar-refractivity contribution >= 4 is 29.6 Å². The van der Waals surface area contributed by atoms with Gasteiger partial charge in [0.1, 0.15) is 6.34 Å². The Kier molecular flexibility index (Phi) is 6.72. The van der Waals surface area contributed by atoms with Gasteiger partial charge in [0.25, 0.3) is 0 Å². The van der Waals surface area contributed by atoms with Crippen LogP contribution in [-0.4, -0.2) is 59.1 Å². The highest BCUT2D eigenvalue weighted by molar-refractivity contribution is 6.30. The van der Waals surface area contributed by atoms with Crippen molar-refractivity contribution in [2.24, 2.45) is 10.6 Å². The number of halogens is 1. The second-order valence-corrected chi connectivity index (χ2v) is 8.85. The number of hydrogen-bond donors (Lipinski definition) is 2. The van der Waals surface area contributed by atoms with Crippen LogP contribution in [0.1, 0.15) is 31.2 Å². The molecule has 9 nitrogen and oxygen atoms in total. The van der Waals surface area contributed by atoms with Crippen LogP contribution in [0, 0.1) is 16.4 Å². The van der Waals surface area contributed by atoms with Crippen molar-refractivity contribution in [3.8, 4) is 0 Å². The van der Waals surface area contributed by atoms with Crippen LogP contribution in [0.3, 0.4) is 0 Å². The van der Waals surface area contributed by atoms with E-state index in [-0.39, 0.29) is 0 Å². The van der Waals surface area contributed by atoms with Gasteiger partial charge in [0.2, 0.25) is 0 Å². The molecule has 4 heterocycles. The fourth-order valence-corrected chi connectivity index (χ4v) is 4.72. The predicted molar refractivity (Wildman–Crippen MR) is 121 cm³/mol. The molecule has 0 aromatic carbocycles. The molecule has 2 aromatic rings. The molecule has 0 aliphatic carbocycles. The summed E-state index contributed by atoms with van der Waals surface area (Å²) in [6.07, 6.45) is 10.2. The summed E-state index contributed by atoms with van der Waals surface area (Å²) >= 11 is 6.07. The maximum Gasteiger partial charge on any atom is 0.156 e. The molecule has 0 atom stereocenters. The third-order valence-corrected chi connectivity index (χ3v) is 6.87. The van der Waals surface area contributed by atoms with Crippen LogP contribution in [-0.2, 0) is 6.42 Å². The Morgan fingerprint density at radius 1 is 1.13 bits per heavy atom. The van der Waals surface area contributed by atoms with Crippen LogP contribution < -0.4 is 9.91 Å². The molecule has 2 fully saturated rings. The van der Waals surface area contributed by atoms with Crippen molar-refractivity contribution in [1.82, 2.24) is 20.1 Å². The summed E-state index contributed by atoms with van der Waals surface area (Å²) in [4.78, 5) is 9.17. The van der Waals surface area contributed by atoms with Gasteiger partial charge in [-0.25, -0.2) is 4.98 Å². The molecule has 2 N–H and O–H groups in total. The molecule has 0 radical (unpaired) electrons. The Morgan fingerprint density at radius 2 is 1.87 bits per heavy atom. The Labute approximate surface area is 187 Å². The van der Waals surface area contributed by atoms with Gasteiger partial charge in [-0.2, -0.15) is 15.6 Å². The Hall–Kier alpha value is -2.65. The summed E-state index contributed by atoms with van der Waals surface area (Å²) in [6, 6.07) is 5.71. The summed E-state index contributed by atoms with van der Waals surface area (Å²) in [6.45, 7) is 5.34. The molecule has 4 rings (SSSR count). The van der Waals surface area contributed by atoms with E-state index in [1.54, 1.807) is 6.20 Å². The molecular weight excluding hydrogens is 414 g/mol. The number of rotatable bonds is 7. The monoisotopic (exact) mass is 441 g/mol. The molecule has 164 valence electrons. The van der Waals surface area contributed by atoms with Crippen LogP contribution in [0.25, 0.3) is 0 Å². The zero-order valence-corrected chi connectivity index (χ0v) is 18.3. The standard InChI is InChI=1S/C21H28ClN9/c22-18-13-20(27-26-15-18)30-11-6-21(7-12-30)4-9-29(10-5-21)8-3-17-1-2-19(25-14-17)31(16-23)28-24/h1-2,13-16,23-24H,3-12H2. The minimum Gasteiger partial charge on any atom is -0.355 e. The van der Waals surface area contributed by atoms with Gasteiger partial charge in [-0.3, -0.25) is 5.41 Å². The number of piperidine rings is 2. The first kappa shape index (κ1) is 21.6. The molecule has 0 saturated carbocycles. The number of nitrogens with one attached hydrogen (secondary N) is 2. The molecular formula is C21H28ClN9. The summed E-state index contributed by atoms with van der Waals surface area (Å²) < 4.78 is 0. The quantitative estimate of drug-likeness (QED) is 0.292. The summed E-state index contributed by atoms with van der Waals surface area (Å²) in [5, 5.41) is 20.5. The topological polar surface area (TPSA) is 108 Å². The highest BCUT2D eigenvalue weighted by Crippen LogP contribution is 2.42. The van der Waals surface area contributed by atoms with Gasteiger partial charge in [0.15, 0.2) is 11.6 Å². The van der Waals surface area contributed by atoms with Gasteiger partial charge in [-0.05, 0) is 62.2 Å². The van der Waals surface area contributed by atoms with Gasteiger partial charge in [-0.1, -0.05) is 22.9 Å². The summed E-state index contributed by atoms with van der Waals surface area (Å²) in [5.41, 5.74) is 8.67. The maximum absolute atomic E-state index is 7.24. The van der Waals surface area contributed by atoms with E-state index in [9.17, 15) is 0 Å². The van der Waals surface area contributed by atoms with Crippen molar-refractivity contribution < 1.29 is 0 Å². The van der Waals surface area contributed by atoms with Gasteiger partial charge >= 0.3 is 0 Å². The summed E-state index contributed by atoms with van der Waals surface area (Å²) in [7, 11) is 0. The van der Waals surface area contributed by atoms with Gasteiger partial charge in [0, 0.05) is 31.9 Å². The Morgan fingerprint density at radius 3 is 2.48 bits per heavy atom. The van der Waals surface area contributed by atoms with Crippen LogP contribution in [0.2, 0.25) is 5.02 Å². The lowest BCUT2D eigenvalue weighted by molar-refractivity contribution is 0.0804. The lowest BCUT2D eigenvalue weighted by Gasteiger charge is -2.47. The summed E-state index contributed by atoms with van der Waals surface area (Å²) in [5.74, 6) is 1.38. The second-order valence-electron chi connectivity index (χ2n) is 8.41. The van der Waals surface area contributed by atoms with Crippen LogP contribution in [0.4, 0.5) is 11.6 Å². The van der Waals surface area contributed by atoms with Crippen molar-refractivity contribution in [3.63, 3.8) is 0 Å². The zero-order chi connectivity index (χ0) is 21.7. The highest BCUT2D eigenvalue weighted by Gasteiger charge is 2.37. The van der Waals surface area contributed by atoms with Crippen LogP contribution in [0.15, 0.2) is 35.8 Å². The van der Waals surface area contributed by atoms with Crippen molar-refractivity contribution in [2.45, 2.75) is 32.1 Å². The molecule has 2 saturated heterocycles. The molecule has 0 bridgehead atoms. The third-order valence-electron chi connectivity index (χ3n) is 6.66. The maximum atomic E-state index is 7.24. The van der Waals surface area contributed by atoms with E-state index in [4.69, 9.17) is 22.5 Å². The number of pyridine rings is 1. The predicted octanol–water partition coefficient (Wildman–Crippen LogP) is 3.81. The average molecular weight is 442 g/mol. The fourth-order valence-electron chi connectivity index (χ4n) is 4.58. The fraction of sp³-hybridized carbons (Fsp3) is 0.524. The number of hydrogen-bond acceptors (Lipinski definition) is 8. The first-order chi connectivity index (χ1) is 15.1. The first-order valence-corrected chi connectivity index (χ1v) is 11.1. The molecule has 0 amide bonds. The van der Waals surface area contributed by atoms with Gasteiger partial charge in [0.05, 0.1) is 11.2 Å². The van der Waals surface area contributed by atoms with E-state index in [1.165, 1.54) is 25.7 Å². The number of likely N-dealkylation sites (tertiary alicyclic amines) is 1.